The van der Waals surface area contributed by atoms with Crippen LogP contribution in [-0.4, -0.2) is 6.67 Å². The van der Waals surface area contributed by atoms with Crippen LogP contribution in [0.3, 0.4) is 0 Å². The predicted octanol–water partition coefficient (Wildman–Crippen LogP) is 9.67. The van der Waals surface area contributed by atoms with Gasteiger partial charge in [-0.15, -0.1) is 0 Å². The van der Waals surface area contributed by atoms with E-state index >= 15 is 0 Å². The molecule has 0 bridgehead atoms. The van der Waals surface area contributed by atoms with Gasteiger partial charge in [0, 0.05) is 0 Å². The van der Waals surface area contributed by atoms with Crippen molar-refractivity contribution in [1.82, 2.24) is 0 Å². The number of hydrogen-bond donors (Lipinski definition) is 0. The van der Waals surface area contributed by atoms with Crippen molar-refractivity contribution in [3.63, 3.8) is 0 Å². The van der Waals surface area contributed by atoms with Gasteiger partial charge in [0.05, 0.1) is 12.2 Å². The van der Waals surface area contributed by atoms with Crippen LogP contribution in [-0.2, 0) is 0 Å². The molecule has 1 saturated carbocycles. The van der Waals surface area contributed by atoms with Crippen LogP contribution in [0.1, 0.15) is 51.9 Å². The Morgan fingerprint density at radius 3 is 1.63 bits per heavy atom. The highest BCUT2D eigenvalue weighted by atomic mass is 19.2. The van der Waals surface area contributed by atoms with E-state index in [0.717, 1.165) is 42.7 Å². The van der Waals surface area contributed by atoms with Gasteiger partial charge >= 0.3 is 0 Å². The fourth-order valence-electron chi connectivity index (χ4n) is 4.68. The first-order valence-electron chi connectivity index (χ1n) is 12.1. The van der Waals surface area contributed by atoms with Gasteiger partial charge in [0.15, 0.2) is 11.6 Å². The predicted molar refractivity (Wildman–Crippen MR) is 128 cm³/mol. The first-order valence-corrected chi connectivity index (χ1v) is 12.1. The Bertz CT molecular complexity index is 1050. The molecule has 1 aliphatic carbocycles. The molecular weight excluding hydrogens is 462 g/mol. The quantitative estimate of drug-likeness (QED) is 0.301. The van der Waals surface area contributed by atoms with Crippen LogP contribution in [0, 0.1) is 40.9 Å². The lowest BCUT2D eigenvalue weighted by Gasteiger charge is -2.27. The molecule has 0 unspecified atom stereocenters. The van der Waals surface area contributed by atoms with E-state index in [2.05, 4.69) is 6.92 Å². The Kier molecular flexibility index (Phi) is 9.82. The van der Waals surface area contributed by atoms with E-state index in [4.69, 9.17) is 0 Å². The van der Waals surface area contributed by atoms with Gasteiger partial charge in [-0.25, -0.2) is 22.0 Å². The van der Waals surface area contributed by atoms with E-state index in [1.54, 1.807) is 0 Å². The van der Waals surface area contributed by atoms with Gasteiger partial charge in [0.2, 0.25) is 0 Å². The lowest BCUT2D eigenvalue weighted by Crippen LogP contribution is -2.14. The first-order chi connectivity index (χ1) is 16.8. The van der Waals surface area contributed by atoms with Gasteiger partial charge < -0.3 is 0 Å². The number of halogens is 6. The first kappa shape index (κ1) is 26.8. The van der Waals surface area contributed by atoms with Crippen LogP contribution >= 0.6 is 0 Å². The third-order valence-electron chi connectivity index (χ3n) is 6.61. The van der Waals surface area contributed by atoms with E-state index in [-0.39, 0.29) is 17.8 Å². The second-order valence-corrected chi connectivity index (χ2v) is 9.10. The molecule has 0 heterocycles. The minimum absolute atomic E-state index is 0.107. The number of alkyl halides is 1. The highest BCUT2D eigenvalue weighted by Crippen LogP contribution is 2.33. The van der Waals surface area contributed by atoms with Crippen LogP contribution in [0.2, 0.25) is 0 Å². The Morgan fingerprint density at radius 1 is 0.600 bits per heavy atom. The summed E-state index contributed by atoms with van der Waals surface area (Å²) in [6.45, 7) is 2.15. The van der Waals surface area contributed by atoms with Crippen molar-refractivity contribution in [2.24, 2.45) is 11.8 Å². The molecule has 0 amide bonds. The summed E-state index contributed by atoms with van der Waals surface area (Å²) >= 11 is 0. The summed E-state index contributed by atoms with van der Waals surface area (Å²) in [6, 6.07) is 9.88. The summed E-state index contributed by atoms with van der Waals surface area (Å²) < 4.78 is 79.6. The van der Waals surface area contributed by atoms with Crippen LogP contribution in [0.25, 0.3) is 22.3 Å². The smallest absolute Gasteiger partial charge is 0.159 e. The molecule has 1 aliphatic rings. The molecule has 4 rings (SSSR count). The minimum atomic E-state index is -1.19. The van der Waals surface area contributed by atoms with Crippen molar-refractivity contribution in [3.05, 3.63) is 83.7 Å². The highest BCUT2D eigenvalue weighted by molar-refractivity contribution is 5.71. The monoisotopic (exact) mass is 492 g/mol. The Morgan fingerprint density at radius 2 is 1.11 bits per heavy atom. The normalized spacial score (nSPS) is 17.6. The molecule has 35 heavy (non-hydrogen) atoms. The summed E-state index contributed by atoms with van der Waals surface area (Å²) in [5.41, 5.74) is 0.0895. The van der Waals surface area contributed by atoms with E-state index in [1.165, 1.54) is 62.8 Å². The van der Waals surface area contributed by atoms with Crippen LogP contribution in [0.15, 0.2) is 54.6 Å². The summed E-state index contributed by atoms with van der Waals surface area (Å²) in [5, 5.41) is 0. The average Bonchev–Trinajstić information content (AvgIpc) is 2.83. The van der Waals surface area contributed by atoms with E-state index < -0.39 is 34.6 Å². The summed E-state index contributed by atoms with van der Waals surface area (Å²) in [5.74, 6) is -2.92. The van der Waals surface area contributed by atoms with Gasteiger partial charge in [0.1, 0.15) is 17.5 Å². The van der Waals surface area contributed by atoms with E-state index in [0.29, 0.717) is 11.5 Å². The maximum atomic E-state index is 14.3. The van der Waals surface area contributed by atoms with Crippen molar-refractivity contribution < 1.29 is 26.3 Å². The van der Waals surface area contributed by atoms with Crippen molar-refractivity contribution in [3.8, 4) is 22.3 Å². The third kappa shape index (κ3) is 7.36. The van der Waals surface area contributed by atoms with E-state index in [9.17, 15) is 26.3 Å². The summed E-state index contributed by atoms with van der Waals surface area (Å²) in [7, 11) is 0. The third-order valence-corrected chi connectivity index (χ3v) is 6.61. The Labute approximate surface area is 203 Å². The molecule has 0 saturated heterocycles. The average molecular weight is 493 g/mol. The van der Waals surface area contributed by atoms with Crippen LogP contribution < -0.4 is 0 Å². The maximum Gasteiger partial charge on any atom is 0.159 e. The molecular formula is C29H30F6. The molecule has 0 spiro atoms. The largest absolute Gasteiger partial charge is 0.251 e. The number of rotatable bonds is 6. The highest BCUT2D eigenvalue weighted by Gasteiger charge is 2.20. The molecule has 0 N–H and O–H groups in total. The minimum Gasteiger partial charge on any atom is -0.251 e. The fraction of sp³-hybridized carbons (Fsp3) is 0.379. The van der Waals surface area contributed by atoms with Crippen molar-refractivity contribution in [1.29, 1.82) is 0 Å². The van der Waals surface area contributed by atoms with Gasteiger partial charge in [-0.2, -0.15) is 0 Å². The summed E-state index contributed by atoms with van der Waals surface area (Å²) in [4.78, 5) is 0. The molecule has 3 aromatic carbocycles. The van der Waals surface area contributed by atoms with Gasteiger partial charge in [-0.05, 0) is 71.3 Å². The zero-order valence-corrected chi connectivity index (χ0v) is 19.8. The molecule has 0 aromatic heterocycles. The molecule has 1 fully saturated rings. The zero-order valence-electron chi connectivity index (χ0n) is 19.8. The van der Waals surface area contributed by atoms with Gasteiger partial charge in [0.25, 0.3) is 0 Å². The molecule has 0 aliphatic heterocycles. The molecule has 188 valence electrons. The molecule has 3 aromatic rings. The topological polar surface area (TPSA) is 0 Å². The lowest BCUT2D eigenvalue weighted by molar-refractivity contribution is 0.238. The number of benzene rings is 3. The van der Waals surface area contributed by atoms with Crippen molar-refractivity contribution in [2.45, 2.75) is 51.9 Å². The van der Waals surface area contributed by atoms with Crippen molar-refractivity contribution >= 4 is 0 Å². The van der Waals surface area contributed by atoms with Gasteiger partial charge in [-0.3, -0.25) is 4.39 Å². The zero-order chi connectivity index (χ0) is 25.4. The molecule has 0 radical (unpaired) electrons. The Hall–Kier alpha value is -2.76. The van der Waals surface area contributed by atoms with E-state index in [1.807, 2.05) is 0 Å². The lowest BCUT2D eigenvalue weighted by atomic mass is 9.79. The molecule has 0 nitrogen and oxygen atoms in total. The standard InChI is InChI=1S/C18H9F5.C11H21F/c19-13-4-1-10(2-5-13)12-8-16(22)18(17(23)9-12)11-3-6-14(20)15(21)7-11;1-2-3-10-4-6-11(7-5-10)8-9-12/h1-9H;10-11H,2-9H2,1H3. The molecule has 6 heteroatoms. The second-order valence-electron chi connectivity index (χ2n) is 9.10. The second kappa shape index (κ2) is 12.8. The SMILES string of the molecule is CCCC1CCC(CCF)CC1.Fc1ccc(-c2cc(F)c(-c3ccc(F)c(F)c3)c(F)c2)cc1. The van der Waals surface area contributed by atoms with Crippen LogP contribution in [0.4, 0.5) is 26.3 Å². The molecule has 0 atom stereocenters. The Balaban J connectivity index is 0.000000241. The fourth-order valence-corrected chi connectivity index (χ4v) is 4.68. The number of hydrogen-bond acceptors (Lipinski definition) is 0. The maximum absolute atomic E-state index is 14.3. The van der Waals surface area contributed by atoms with Gasteiger partial charge in [-0.1, -0.05) is 63.6 Å². The summed E-state index contributed by atoms with van der Waals surface area (Å²) in [6.07, 6.45) is 8.82. The van der Waals surface area contributed by atoms with Crippen LogP contribution in [0.5, 0.6) is 0 Å². The van der Waals surface area contributed by atoms with Crippen molar-refractivity contribution in [2.75, 3.05) is 6.67 Å².